The van der Waals surface area contributed by atoms with Crippen molar-refractivity contribution in [3.05, 3.63) is 46.3 Å². The normalized spacial score (nSPS) is 22.9. The van der Waals surface area contributed by atoms with Gasteiger partial charge < -0.3 is 14.7 Å². The summed E-state index contributed by atoms with van der Waals surface area (Å²) in [6, 6.07) is 5.32. The number of amides is 3. The number of carbonyl (C=O) groups is 2. The minimum absolute atomic E-state index is 0.181. The van der Waals surface area contributed by atoms with Gasteiger partial charge in [-0.15, -0.1) is 0 Å². The predicted octanol–water partition coefficient (Wildman–Crippen LogP) is 2.58. The van der Waals surface area contributed by atoms with Gasteiger partial charge >= 0.3 is 6.03 Å². The van der Waals surface area contributed by atoms with Gasteiger partial charge in [0.1, 0.15) is 0 Å². The molecule has 1 fully saturated rings. The summed E-state index contributed by atoms with van der Waals surface area (Å²) in [7, 11) is 5.88. The first-order valence-electron chi connectivity index (χ1n) is 11.2. The van der Waals surface area contributed by atoms with Gasteiger partial charge in [0.15, 0.2) is 12.2 Å². The van der Waals surface area contributed by atoms with Crippen LogP contribution in [0.2, 0.25) is 0 Å². The number of allylic oxidation sites excluding steroid dienone is 2. The van der Waals surface area contributed by atoms with Crippen LogP contribution in [0, 0.1) is 13.8 Å². The zero-order valence-corrected chi connectivity index (χ0v) is 20.2. The molecule has 3 heterocycles. The predicted molar refractivity (Wildman–Crippen MR) is 125 cm³/mol. The van der Waals surface area contributed by atoms with Crippen molar-refractivity contribution in [2.75, 3.05) is 34.2 Å². The van der Waals surface area contributed by atoms with E-state index in [9.17, 15) is 9.59 Å². The van der Waals surface area contributed by atoms with E-state index >= 15 is 0 Å². The Morgan fingerprint density at radius 3 is 2.44 bits per heavy atom. The summed E-state index contributed by atoms with van der Waals surface area (Å²) in [6.07, 6.45) is 0.487. The Morgan fingerprint density at radius 1 is 1.03 bits per heavy atom. The standard InChI is InChI=1S/C24H34N6O2/c1-15-9-10-16(2)19(13-15)14-29-22(31)20-21(27(7)24(29)32)25-23-28(12-8-11-26(5)6)17(3)18(4)30(20)23/h9-10,13,20-21H,8,11-12,14H2,1-7H3. The third-order valence-corrected chi connectivity index (χ3v) is 6.82. The van der Waals surface area contributed by atoms with Gasteiger partial charge in [-0.2, -0.15) is 0 Å². The van der Waals surface area contributed by atoms with E-state index in [1.54, 1.807) is 11.9 Å². The lowest BCUT2D eigenvalue weighted by molar-refractivity contribution is -0.137. The van der Waals surface area contributed by atoms with Gasteiger partial charge in [0.2, 0.25) is 5.96 Å². The van der Waals surface area contributed by atoms with E-state index in [2.05, 4.69) is 36.9 Å². The van der Waals surface area contributed by atoms with Crippen molar-refractivity contribution >= 4 is 17.9 Å². The molecule has 3 amide bonds. The maximum atomic E-state index is 13.7. The SMILES string of the molecule is CC1=C(C)N2C(=NC3C2C(=O)N(Cc2cc(C)ccc2C)C(=O)N3C)N1CCCN(C)C. The van der Waals surface area contributed by atoms with Gasteiger partial charge in [0.25, 0.3) is 5.91 Å². The molecular formula is C24H34N6O2. The molecule has 4 rings (SSSR count). The highest BCUT2D eigenvalue weighted by molar-refractivity contribution is 6.05. The van der Waals surface area contributed by atoms with Gasteiger partial charge in [0.05, 0.1) is 6.54 Å². The molecule has 0 aromatic heterocycles. The molecule has 32 heavy (non-hydrogen) atoms. The molecule has 0 bridgehead atoms. The molecule has 3 aliphatic rings. The van der Waals surface area contributed by atoms with Crippen LogP contribution in [-0.2, 0) is 11.3 Å². The Bertz CT molecular complexity index is 1010. The fraction of sp³-hybridized carbons (Fsp3) is 0.542. The lowest BCUT2D eigenvalue weighted by atomic mass is 10.0. The summed E-state index contributed by atoms with van der Waals surface area (Å²) < 4.78 is 0. The molecule has 172 valence electrons. The summed E-state index contributed by atoms with van der Waals surface area (Å²) in [5, 5.41) is 0. The van der Waals surface area contributed by atoms with Crippen molar-refractivity contribution in [2.24, 2.45) is 4.99 Å². The fourth-order valence-electron chi connectivity index (χ4n) is 4.78. The smallest absolute Gasteiger partial charge is 0.314 e. The Kier molecular flexibility index (Phi) is 5.75. The highest BCUT2D eigenvalue weighted by atomic mass is 16.2. The summed E-state index contributed by atoms with van der Waals surface area (Å²) in [4.78, 5) is 41.1. The lowest BCUT2D eigenvalue weighted by Crippen LogP contribution is -2.64. The Balaban J connectivity index is 1.62. The highest BCUT2D eigenvalue weighted by Crippen LogP contribution is 2.38. The van der Waals surface area contributed by atoms with Crippen molar-refractivity contribution in [1.82, 2.24) is 24.5 Å². The Labute approximate surface area is 190 Å². The second-order valence-corrected chi connectivity index (χ2v) is 9.38. The number of hydrogen-bond donors (Lipinski definition) is 0. The topological polar surface area (TPSA) is 62.7 Å². The monoisotopic (exact) mass is 438 g/mol. The van der Waals surface area contributed by atoms with Gasteiger partial charge in [-0.1, -0.05) is 23.8 Å². The maximum absolute atomic E-state index is 13.7. The van der Waals surface area contributed by atoms with E-state index < -0.39 is 12.2 Å². The number of fused-ring (bicyclic) bond motifs is 3. The number of aryl methyl sites for hydroxylation is 2. The average Bonchev–Trinajstić information content (AvgIpc) is 3.23. The van der Waals surface area contributed by atoms with Crippen molar-refractivity contribution in [1.29, 1.82) is 0 Å². The molecule has 0 N–H and O–H groups in total. The summed E-state index contributed by atoms with van der Waals surface area (Å²) in [5.74, 6) is 0.607. The van der Waals surface area contributed by atoms with E-state index in [4.69, 9.17) is 4.99 Å². The molecule has 3 aliphatic heterocycles. The second-order valence-electron chi connectivity index (χ2n) is 9.38. The molecule has 0 aliphatic carbocycles. The lowest BCUT2D eigenvalue weighted by Gasteiger charge is -2.41. The summed E-state index contributed by atoms with van der Waals surface area (Å²) >= 11 is 0. The van der Waals surface area contributed by atoms with Gasteiger partial charge in [-0.3, -0.25) is 14.6 Å². The minimum atomic E-state index is -0.522. The Morgan fingerprint density at radius 2 is 1.75 bits per heavy atom. The van der Waals surface area contributed by atoms with Crippen molar-refractivity contribution in [3.63, 3.8) is 0 Å². The van der Waals surface area contributed by atoms with Crippen LogP contribution in [0.1, 0.15) is 37.0 Å². The quantitative estimate of drug-likeness (QED) is 0.683. The zero-order chi connectivity index (χ0) is 23.3. The third-order valence-electron chi connectivity index (χ3n) is 6.82. The van der Waals surface area contributed by atoms with Gasteiger partial charge in [-0.25, -0.2) is 9.79 Å². The van der Waals surface area contributed by atoms with Crippen LogP contribution >= 0.6 is 0 Å². The van der Waals surface area contributed by atoms with Gasteiger partial charge in [0, 0.05) is 25.0 Å². The number of imide groups is 1. The van der Waals surface area contributed by atoms with E-state index in [1.807, 2.05) is 37.8 Å². The molecule has 1 aromatic rings. The first-order chi connectivity index (χ1) is 15.1. The molecule has 0 saturated carbocycles. The second kappa shape index (κ2) is 8.24. The molecular weight excluding hydrogens is 404 g/mol. The highest BCUT2D eigenvalue weighted by Gasteiger charge is 2.55. The van der Waals surface area contributed by atoms with Crippen LogP contribution in [0.15, 0.2) is 34.6 Å². The van der Waals surface area contributed by atoms with Crippen LogP contribution in [0.25, 0.3) is 0 Å². The van der Waals surface area contributed by atoms with Crippen LogP contribution in [-0.4, -0.2) is 88.8 Å². The fourth-order valence-corrected chi connectivity index (χ4v) is 4.78. The molecule has 0 spiro atoms. The molecule has 8 nitrogen and oxygen atoms in total. The average molecular weight is 439 g/mol. The van der Waals surface area contributed by atoms with E-state index in [-0.39, 0.29) is 18.5 Å². The number of nitrogens with zero attached hydrogens (tertiary/aromatic N) is 6. The zero-order valence-electron chi connectivity index (χ0n) is 20.2. The van der Waals surface area contributed by atoms with Crippen molar-refractivity contribution in [3.8, 4) is 0 Å². The number of carbonyl (C=O) groups excluding carboxylic acids is 2. The molecule has 2 atom stereocenters. The van der Waals surface area contributed by atoms with E-state index in [0.717, 1.165) is 53.6 Å². The first kappa shape index (κ1) is 22.3. The van der Waals surface area contributed by atoms with Crippen LogP contribution < -0.4 is 0 Å². The number of benzene rings is 1. The molecule has 0 radical (unpaired) electrons. The molecule has 1 aromatic carbocycles. The van der Waals surface area contributed by atoms with Crippen molar-refractivity contribution in [2.45, 2.75) is 52.9 Å². The number of aliphatic imine (C=N–C) groups is 1. The third kappa shape index (κ3) is 3.56. The summed E-state index contributed by atoms with van der Waals surface area (Å²) in [5.41, 5.74) is 5.33. The van der Waals surface area contributed by atoms with E-state index in [1.165, 1.54) is 4.90 Å². The number of hydrogen-bond acceptors (Lipinski definition) is 6. The minimum Gasteiger partial charge on any atom is -0.314 e. The van der Waals surface area contributed by atoms with Crippen LogP contribution in [0.3, 0.4) is 0 Å². The number of urea groups is 1. The number of rotatable bonds is 6. The molecule has 2 unspecified atom stereocenters. The van der Waals surface area contributed by atoms with Crippen molar-refractivity contribution < 1.29 is 9.59 Å². The summed E-state index contributed by atoms with van der Waals surface area (Å²) in [6.45, 7) is 10.2. The van der Waals surface area contributed by atoms with Gasteiger partial charge in [-0.05, 0) is 65.9 Å². The first-order valence-corrected chi connectivity index (χ1v) is 11.2. The van der Waals surface area contributed by atoms with Crippen LogP contribution in [0.4, 0.5) is 4.79 Å². The number of likely N-dealkylation sites (N-methyl/N-ethyl adjacent to an activating group) is 1. The Hall–Kier alpha value is -2.87. The maximum Gasteiger partial charge on any atom is 0.328 e. The van der Waals surface area contributed by atoms with E-state index in [0.29, 0.717) is 0 Å². The largest absolute Gasteiger partial charge is 0.328 e. The molecule has 8 heteroatoms. The molecule has 1 saturated heterocycles. The number of guanidine groups is 1. The van der Waals surface area contributed by atoms with Crippen LogP contribution in [0.5, 0.6) is 0 Å².